The quantitative estimate of drug-likeness (QED) is 0.782. The van der Waals surface area contributed by atoms with E-state index >= 15 is 0 Å². The van der Waals surface area contributed by atoms with E-state index in [2.05, 4.69) is 34.8 Å². The smallest absolute Gasteiger partial charge is 0.273 e. The van der Waals surface area contributed by atoms with Gasteiger partial charge in [-0.05, 0) is 56.5 Å². The summed E-state index contributed by atoms with van der Waals surface area (Å²) in [6, 6.07) is 8.03. The fourth-order valence-electron chi connectivity index (χ4n) is 3.10. The van der Waals surface area contributed by atoms with Gasteiger partial charge in [0.25, 0.3) is 5.91 Å². The molecule has 2 heterocycles. The van der Waals surface area contributed by atoms with E-state index in [1.54, 1.807) is 6.20 Å². The molecule has 1 aliphatic heterocycles. The number of hydrogen-bond acceptors (Lipinski definition) is 5. The molecule has 1 aromatic heterocycles. The maximum absolute atomic E-state index is 12.5. The number of hydrogen-bond donors (Lipinski definition) is 2. The summed E-state index contributed by atoms with van der Waals surface area (Å²) in [7, 11) is 0. The Balaban J connectivity index is 1.56. The first-order valence-electron chi connectivity index (χ1n) is 9.69. The summed E-state index contributed by atoms with van der Waals surface area (Å²) in [6.07, 6.45) is 3.76. The molecule has 1 amide bonds. The van der Waals surface area contributed by atoms with Gasteiger partial charge in [0.1, 0.15) is 5.75 Å². The van der Waals surface area contributed by atoms with Gasteiger partial charge in [-0.1, -0.05) is 31.2 Å². The van der Waals surface area contributed by atoms with Gasteiger partial charge in [-0.3, -0.25) is 4.79 Å². The molecule has 1 unspecified atom stereocenters. The Labute approximate surface area is 160 Å². The van der Waals surface area contributed by atoms with Crippen LogP contribution in [-0.4, -0.2) is 40.6 Å². The lowest BCUT2D eigenvalue weighted by molar-refractivity contribution is 0.0934. The van der Waals surface area contributed by atoms with Crippen LogP contribution in [0.25, 0.3) is 0 Å². The summed E-state index contributed by atoms with van der Waals surface area (Å²) >= 11 is 0. The van der Waals surface area contributed by atoms with Crippen LogP contribution in [0.5, 0.6) is 5.75 Å². The molecule has 1 saturated heterocycles. The second kappa shape index (κ2) is 8.99. The zero-order valence-electron chi connectivity index (χ0n) is 16.3. The molecule has 1 aromatic carbocycles. The second-order valence-electron chi connectivity index (χ2n) is 7.53. The largest absolute Gasteiger partial charge is 0.493 e. The van der Waals surface area contributed by atoms with Crippen molar-refractivity contribution in [2.45, 2.75) is 45.7 Å². The number of aromatic nitrogens is 3. The van der Waals surface area contributed by atoms with Crippen molar-refractivity contribution in [3.63, 3.8) is 0 Å². The molecular formula is C20H29N5O2. The third kappa shape index (κ3) is 5.29. The van der Waals surface area contributed by atoms with Crippen molar-refractivity contribution < 1.29 is 9.53 Å². The van der Waals surface area contributed by atoms with Crippen LogP contribution in [0.4, 0.5) is 0 Å². The Kier molecular flexibility index (Phi) is 6.45. The topological polar surface area (TPSA) is 81.1 Å². The van der Waals surface area contributed by atoms with E-state index in [0.717, 1.165) is 37.2 Å². The van der Waals surface area contributed by atoms with E-state index in [9.17, 15) is 4.79 Å². The maximum Gasteiger partial charge on any atom is 0.273 e. The molecule has 0 spiro atoms. The summed E-state index contributed by atoms with van der Waals surface area (Å²) in [5, 5.41) is 14.5. The average Bonchev–Trinajstić information content (AvgIpc) is 3.18. The molecule has 0 aliphatic carbocycles. The van der Waals surface area contributed by atoms with Crippen molar-refractivity contribution in [3.8, 4) is 5.75 Å². The Hall–Kier alpha value is -2.41. The van der Waals surface area contributed by atoms with E-state index in [1.807, 2.05) is 35.9 Å². The summed E-state index contributed by atoms with van der Waals surface area (Å²) in [6.45, 7) is 8.83. The maximum atomic E-state index is 12.5. The average molecular weight is 371 g/mol. The summed E-state index contributed by atoms with van der Waals surface area (Å²) in [5.41, 5.74) is 1.38. The number of nitrogens with one attached hydrogen (secondary N) is 2. The predicted molar refractivity (Wildman–Crippen MR) is 104 cm³/mol. The van der Waals surface area contributed by atoms with Crippen LogP contribution in [-0.2, 0) is 0 Å². The van der Waals surface area contributed by atoms with Gasteiger partial charge in [0.05, 0.1) is 24.9 Å². The van der Waals surface area contributed by atoms with Crippen molar-refractivity contribution in [2.75, 3.05) is 19.7 Å². The van der Waals surface area contributed by atoms with E-state index in [-0.39, 0.29) is 11.9 Å². The van der Waals surface area contributed by atoms with Crippen LogP contribution in [0, 0.1) is 5.92 Å². The molecule has 1 aliphatic rings. The van der Waals surface area contributed by atoms with Crippen molar-refractivity contribution in [1.82, 2.24) is 25.6 Å². The molecule has 1 atom stereocenters. The van der Waals surface area contributed by atoms with Crippen molar-refractivity contribution in [2.24, 2.45) is 5.92 Å². The molecule has 2 aromatic rings. The van der Waals surface area contributed by atoms with Gasteiger partial charge in [0.2, 0.25) is 0 Å². The van der Waals surface area contributed by atoms with Crippen LogP contribution in [0.1, 0.15) is 61.7 Å². The molecule has 1 fully saturated rings. The van der Waals surface area contributed by atoms with Crippen molar-refractivity contribution in [3.05, 3.63) is 41.7 Å². The van der Waals surface area contributed by atoms with Gasteiger partial charge in [-0.2, -0.15) is 0 Å². The standard InChI is InChI=1S/C20H29N5O2/c1-14(2)13-27-18-6-4-16(5-7-18)15(3)22-20(26)19-12-25(24-23-19)17-8-10-21-11-9-17/h4-7,12,14-15,17,21H,8-11,13H2,1-3H3,(H,22,26). The minimum absolute atomic E-state index is 0.124. The molecule has 7 heteroatoms. The van der Waals surface area contributed by atoms with Gasteiger partial charge in [-0.15, -0.1) is 5.10 Å². The molecule has 0 bridgehead atoms. The Morgan fingerprint density at radius 1 is 1.26 bits per heavy atom. The van der Waals surface area contributed by atoms with Crippen LogP contribution in [0.2, 0.25) is 0 Å². The highest BCUT2D eigenvalue weighted by atomic mass is 16.5. The highest BCUT2D eigenvalue weighted by Crippen LogP contribution is 2.19. The summed E-state index contributed by atoms with van der Waals surface area (Å²) < 4.78 is 7.52. The number of ether oxygens (including phenoxy) is 1. The lowest BCUT2D eigenvalue weighted by atomic mass is 10.1. The normalized spacial score (nSPS) is 16.3. The number of nitrogens with zero attached hydrogens (tertiary/aromatic N) is 3. The first-order chi connectivity index (χ1) is 13.0. The number of piperidine rings is 1. The fraction of sp³-hybridized carbons (Fsp3) is 0.550. The zero-order valence-corrected chi connectivity index (χ0v) is 16.3. The van der Waals surface area contributed by atoms with Crippen molar-refractivity contribution in [1.29, 1.82) is 0 Å². The lowest BCUT2D eigenvalue weighted by Crippen LogP contribution is -2.29. The number of amides is 1. The molecule has 146 valence electrons. The summed E-state index contributed by atoms with van der Waals surface area (Å²) in [4.78, 5) is 12.5. The highest BCUT2D eigenvalue weighted by molar-refractivity contribution is 5.92. The van der Waals surface area contributed by atoms with Crippen LogP contribution in [0.15, 0.2) is 30.5 Å². The van der Waals surface area contributed by atoms with E-state index in [4.69, 9.17) is 4.74 Å². The van der Waals surface area contributed by atoms with Crippen molar-refractivity contribution >= 4 is 5.91 Å². The van der Waals surface area contributed by atoms with Gasteiger partial charge >= 0.3 is 0 Å². The molecule has 27 heavy (non-hydrogen) atoms. The lowest BCUT2D eigenvalue weighted by Gasteiger charge is -2.22. The summed E-state index contributed by atoms with van der Waals surface area (Å²) in [5.74, 6) is 1.12. The number of rotatable bonds is 7. The Bertz CT molecular complexity index is 735. The van der Waals surface area contributed by atoms with Crippen LogP contribution >= 0.6 is 0 Å². The monoisotopic (exact) mass is 371 g/mol. The molecule has 3 rings (SSSR count). The third-order valence-corrected chi connectivity index (χ3v) is 4.74. The Morgan fingerprint density at radius 3 is 2.63 bits per heavy atom. The fourth-order valence-corrected chi connectivity index (χ4v) is 3.10. The second-order valence-corrected chi connectivity index (χ2v) is 7.53. The first kappa shape index (κ1) is 19.4. The Morgan fingerprint density at radius 2 is 1.96 bits per heavy atom. The SMILES string of the molecule is CC(C)COc1ccc(C(C)NC(=O)c2cn(C3CCNCC3)nn2)cc1. The minimum Gasteiger partial charge on any atom is -0.493 e. The molecule has 0 radical (unpaired) electrons. The zero-order chi connectivity index (χ0) is 19.2. The molecule has 7 nitrogen and oxygen atoms in total. The van der Waals surface area contributed by atoms with E-state index in [1.165, 1.54) is 0 Å². The number of carbonyl (C=O) groups is 1. The molecule has 2 N–H and O–H groups in total. The van der Waals surface area contributed by atoms with Gasteiger partial charge in [-0.25, -0.2) is 4.68 Å². The molecule has 0 saturated carbocycles. The van der Waals surface area contributed by atoms with Crippen LogP contribution < -0.4 is 15.4 Å². The number of carbonyl (C=O) groups excluding carboxylic acids is 1. The number of benzene rings is 1. The highest BCUT2D eigenvalue weighted by Gasteiger charge is 2.20. The van der Waals surface area contributed by atoms with Crippen LogP contribution in [0.3, 0.4) is 0 Å². The first-order valence-corrected chi connectivity index (χ1v) is 9.69. The van der Waals surface area contributed by atoms with E-state index in [0.29, 0.717) is 24.3 Å². The van der Waals surface area contributed by atoms with Gasteiger partial charge in [0.15, 0.2) is 5.69 Å². The predicted octanol–water partition coefficient (Wildman–Crippen LogP) is 2.73. The minimum atomic E-state index is -0.206. The third-order valence-electron chi connectivity index (χ3n) is 4.74. The molecular weight excluding hydrogens is 342 g/mol. The van der Waals surface area contributed by atoms with Gasteiger partial charge in [0, 0.05) is 0 Å². The van der Waals surface area contributed by atoms with Gasteiger partial charge < -0.3 is 15.4 Å². The van der Waals surface area contributed by atoms with E-state index < -0.39 is 0 Å².